The lowest BCUT2D eigenvalue weighted by atomic mass is 10.3. The Morgan fingerprint density at radius 3 is 2.50 bits per heavy atom. The van der Waals surface area contributed by atoms with Gasteiger partial charge in [-0.15, -0.1) is 0 Å². The van der Waals surface area contributed by atoms with E-state index in [0.29, 0.717) is 16.6 Å². The van der Waals surface area contributed by atoms with Gasteiger partial charge in [-0.05, 0) is 29.9 Å². The van der Waals surface area contributed by atoms with Crippen LogP contribution in [-0.4, -0.2) is 21.7 Å². The Morgan fingerprint density at radius 1 is 1.44 bits per heavy atom. The van der Waals surface area contributed by atoms with E-state index in [1.54, 1.807) is 3.96 Å². The number of unbranched alkanes of at least 4 members (excludes halogenated alkanes) is 1. The Balaban J connectivity index is 0.000000225. The van der Waals surface area contributed by atoms with Crippen LogP contribution in [0.25, 0.3) is 0 Å². The molecule has 0 radical (unpaired) electrons. The van der Waals surface area contributed by atoms with Crippen LogP contribution in [0.5, 0.6) is 0 Å². The number of hydrogen-bond donors (Lipinski definition) is 0. The number of ketones is 1. The largest absolute Gasteiger partial charge is 0.292 e. The maximum absolute atomic E-state index is 11.3. The summed E-state index contributed by atoms with van der Waals surface area (Å²) in [5.74, 6) is 0.667. The van der Waals surface area contributed by atoms with Crippen LogP contribution in [0.3, 0.4) is 0 Å². The van der Waals surface area contributed by atoms with Crippen molar-refractivity contribution in [2.24, 2.45) is 4.40 Å². The summed E-state index contributed by atoms with van der Waals surface area (Å²) in [7, 11) is 0. The number of aryl methyl sites for hydroxylation is 1. The van der Waals surface area contributed by atoms with Crippen molar-refractivity contribution in [3.63, 3.8) is 0 Å². The number of halogens is 2. The molecule has 0 aromatic carbocycles. The van der Waals surface area contributed by atoms with E-state index in [2.05, 4.69) is 11.3 Å². The molecule has 0 saturated carbocycles. The first-order valence-electron chi connectivity index (χ1n) is 5.29. The van der Waals surface area contributed by atoms with E-state index >= 15 is 0 Å². The smallest absolute Gasteiger partial charge is 0.280 e. The molecule has 1 aliphatic rings. The molecule has 18 heavy (non-hydrogen) atoms. The molecule has 8 heteroatoms. The van der Waals surface area contributed by atoms with Gasteiger partial charge in [0.1, 0.15) is 9.36 Å². The number of rotatable bonds is 3. The maximum Gasteiger partial charge on any atom is 0.280 e. The van der Waals surface area contributed by atoms with Crippen molar-refractivity contribution in [2.75, 3.05) is 5.75 Å². The number of hydrogen-bond acceptors (Lipinski definition) is 5. The minimum Gasteiger partial charge on any atom is -0.292 e. The zero-order valence-corrected chi connectivity index (χ0v) is 12.8. The predicted octanol–water partition coefficient (Wildman–Crippen LogP) is 3.30. The monoisotopic (exact) mass is 326 g/mol. The fourth-order valence-corrected chi connectivity index (χ4v) is 2.87. The fourth-order valence-electron chi connectivity index (χ4n) is 1.05. The standard InChI is InChI=1S/C7H9Cl2NOS.C3H3NOS/c1-2-3-4-10-7(11)5(8)6(9)12-10;5-3-1-4-6-2-3/h2-4H2,1H3;1H,2H2. The maximum atomic E-state index is 11.3. The Labute approximate surface area is 123 Å². The van der Waals surface area contributed by atoms with Crippen LogP contribution in [0.1, 0.15) is 19.8 Å². The van der Waals surface area contributed by atoms with Gasteiger partial charge in [0.15, 0.2) is 5.78 Å². The van der Waals surface area contributed by atoms with E-state index < -0.39 is 0 Å². The lowest BCUT2D eigenvalue weighted by molar-refractivity contribution is -0.110. The van der Waals surface area contributed by atoms with Crippen LogP contribution in [-0.2, 0) is 11.3 Å². The summed E-state index contributed by atoms with van der Waals surface area (Å²) in [4.78, 5) is 21.3. The highest BCUT2D eigenvalue weighted by Gasteiger charge is 2.09. The van der Waals surface area contributed by atoms with Crippen LogP contribution in [0.4, 0.5) is 0 Å². The fraction of sp³-hybridized carbons (Fsp3) is 0.500. The van der Waals surface area contributed by atoms with Crippen molar-refractivity contribution in [3.8, 4) is 0 Å². The molecule has 0 bridgehead atoms. The Bertz CT molecular complexity index is 497. The van der Waals surface area contributed by atoms with E-state index in [9.17, 15) is 9.59 Å². The molecule has 1 aliphatic heterocycles. The molecule has 0 fully saturated rings. The Morgan fingerprint density at radius 2 is 2.17 bits per heavy atom. The summed E-state index contributed by atoms with van der Waals surface area (Å²) in [5.41, 5.74) is -0.167. The zero-order chi connectivity index (χ0) is 13.5. The van der Waals surface area contributed by atoms with Gasteiger partial charge in [0.2, 0.25) is 0 Å². The number of nitrogens with zero attached hydrogens (tertiary/aromatic N) is 2. The Kier molecular flexibility index (Phi) is 6.99. The second kappa shape index (κ2) is 7.99. The van der Waals surface area contributed by atoms with Gasteiger partial charge < -0.3 is 0 Å². The predicted molar refractivity (Wildman–Crippen MR) is 79.5 cm³/mol. The van der Waals surface area contributed by atoms with E-state index in [-0.39, 0.29) is 16.4 Å². The van der Waals surface area contributed by atoms with E-state index in [1.807, 2.05) is 0 Å². The van der Waals surface area contributed by atoms with Crippen molar-refractivity contribution in [1.29, 1.82) is 0 Å². The Hall–Kier alpha value is -0.300. The van der Waals surface area contributed by atoms with Gasteiger partial charge in [-0.1, -0.05) is 36.5 Å². The first-order chi connectivity index (χ1) is 8.56. The van der Waals surface area contributed by atoms with Gasteiger partial charge in [0.25, 0.3) is 5.56 Å². The van der Waals surface area contributed by atoms with Crippen LogP contribution in [0, 0.1) is 0 Å². The highest BCUT2D eigenvalue weighted by molar-refractivity contribution is 7.99. The lowest BCUT2D eigenvalue weighted by Gasteiger charge is -1.95. The SMILES string of the molecule is CCCCn1sc(Cl)c(Cl)c1=O.O=C1C=NSC1. The summed E-state index contributed by atoms with van der Waals surface area (Å²) in [5, 5.41) is 0.151. The highest BCUT2D eigenvalue weighted by atomic mass is 35.5. The zero-order valence-electron chi connectivity index (χ0n) is 9.69. The van der Waals surface area contributed by atoms with Crippen LogP contribution in [0.15, 0.2) is 9.19 Å². The van der Waals surface area contributed by atoms with Gasteiger partial charge in [-0.2, -0.15) is 0 Å². The molecule has 2 heterocycles. The minimum atomic E-state index is -0.167. The van der Waals surface area contributed by atoms with Crippen LogP contribution in [0.2, 0.25) is 9.36 Å². The van der Waals surface area contributed by atoms with Gasteiger partial charge in [-0.25, -0.2) is 4.40 Å². The summed E-state index contributed by atoms with van der Waals surface area (Å²) < 4.78 is 5.58. The van der Waals surface area contributed by atoms with E-state index in [1.165, 1.54) is 29.7 Å². The average Bonchev–Trinajstić information content (AvgIpc) is 2.91. The average molecular weight is 327 g/mol. The summed E-state index contributed by atoms with van der Waals surface area (Å²) in [6.45, 7) is 2.79. The van der Waals surface area contributed by atoms with Crippen LogP contribution >= 0.6 is 46.7 Å². The third-order valence-electron chi connectivity index (χ3n) is 1.97. The van der Waals surface area contributed by atoms with E-state index in [0.717, 1.165) is 12.8 Å². The van der Waals surface area contributed by atoms with Crippen molar-refractivity contribution in [1.82, 2.24) is 3.96 Å². The molecular weight excluding hydrogens is 315 g/mol. The second-order valence-corrected chi connectivity index (χ2v) is 6.18. The molecule has 4 nitrogen and oxygen atoms in total. The van der Waals surface area contributed by atoms with E-state index in [4.69, 9.17) is 23.2 Å². The van der Waals surface area contributed by atoms with Gasteiger partial charge in [-0.3, -0.25) is 13.5 Å². The minimum absolute atomic E-state index is 0.125. The third kappa shape index (κ3) is 4.76. The molecule has 0 spiro atoms. The van der Waals surface area contributed by atoms with Crippen LogP contribution < -0.4 is 5.56 Å². The van der Waals surface area contributed by atoms with Gasteiger partial charge >= 0.3 is 0 Å². The first kappa shape index (κ1) is 15.8. The summed E-state index contributed by atoms with van der Waals surface area (Å²) in [6, 6.07) is 0. The van der Waals surface area contributed by atoms with Crippen molar-refractivity contribution in [2.45, 2.75) is 26.3 Å². The molecular formula is C10H12Cl2N2O2S2. The molecule has 0 N–H and O–H groups in total. The molecule has 1 aromatic rings. The van der Waals surface area contributed by atoms with Crippen molar-refractivity contribution in [3.05, 3.63) is 19.7 Å². The molecule has 0 amide bonds. The third-order valence-corrected chi connectivity index (χ3v) is 4.53. The number of Topliss-reactive ketones (excluding diaryl/α,β-unsaturated/α-hetero) is 1. The van der Waals surface area contributed by atoms with Gasteiger partial charge in [0.05, 0.1) is 12.0 Å². The molecule has 0 saturated heterocycles. The normalized spacial score (nSPS) is 13.6. The highest BCUT2D eigenvalue weighted by Crippen LogP contribution is 2.23. The molecule has 0 atom stereocenters. The second-order valence-electron chi connectivity index (χ2n) is 3.41. The molecule has 1 aromatic heterocycles. The number of carbonyl (C=O) groups is 1. The first-order valence-corrected chi connectivity index (χ1v) is 7.76. The molecule has 0 aliphatic carbocycles. The number of aromatic nitrogens is 1. The van der Waals surface area contributed by atoms with Crippen molar-refractivity contribution < 1.29 is 4.79 Å². The summed E-state index contributed by atoms with van der Waals surface area (Å²) in [6.07, 6.45) is 3.39. The molecule has 0 unspecified atom stereocenters. The number of carbonyl (C=O) groups excluding carboxylic acids is 1. The van der Waals surface area contributed by atoms with Crippen molar-refractivity contribution >= 4 is 58.7 Å². The molecule has 2 rings (SSSR count). The summed E-state index contributed by atoms with van der Waals surface area (Å²) >= 11 is 13.8. The van der Waals surface area contributed by atoms with Gasteiger partial charge in [0, 0.05) is 6.54 Å². The lowest BCUT2D eigenvalue weighted by Crippen LogP contribution is -2.12. The topological polar surface area (TPSA) is 51.4 Å². The molecule has 100 valence electrons. The quantitative estimate of drug-likeness (QED) is 0.801.